The Morgan fingerprint density at radius 1 is 1.56 bits per heavy atom. The van der Waals surface area contributed by atoms with Crippen molar-refractivity contribution in [2.24, 2.45) is 0 Å². The van der Waals surface area contributed by atoms with Gasteiger partial charge < -0.3 is 15.2 Å². The Bertz CT molecular complexity index is 455. The number of amides is 1. The number of benzene rings is 1. The molecule has 1 aromatic rings. The fraction of sp³-hybridized carbons (Fsp3) is 0.273. The molecule has 1 aliphatic rings. The van der Waals surface area contributed by atoms with Crippen LogP contribution >= 0.6 is 0 Å². The Hall–Kier alpha value is -2.04. The SMILES string of the molecule is COc1ccc2c(c1)NC(=O)C2CC(=O)O. The largest absolute Gasteiger partial charge is 0.497 e. The van der Waals surface area contributed by atoms with Crippen LogP contribution in [-0.4, -0.2) is 24.1 Å². The minimum atomic E-state index is -0.983. The molecule has 1 amide bonds. The highest BCUT2D eigenvalue weighted by molar-refractivity contribution is 6.04. The van der Waals surface area contributed by atoms with Crippen LogP contribution in [0.5, 0.6) is 5.75 Å². The van der Waals surface area contributed by atoms with E-state index < -0.39 is 11.9 Å². The van der Waals surface area contributed by atoms with Crippen molar-refractivity contribution in [1.29, 1.82) is 0 Å². The zero-order valence-corrected chi connectivity index (χ0v) is 8.69. The maximum Gasteiger partial charge on any atom is 0.304 e. The van der Waals surface area contributed by atoms with E-state index in [0.717, 1.165) is 0 Å². The molecule has 1 heterocycles. The summed E-state index contributed by atoms with van der Waals surface area (Å²) in [4.78, 5) is 22.2. The Morgan fingerprint density at radius 2 is 2.31 bits per heavy atom. The second kappa shape index (κ2) is 3.84. The zero-order chi connectivity index (χ0) is 11.7. The summed E-state index contributed by atoms with van der Waals surface area (Å²) in [5.41, 5.74) is 1.35. The molecule has 2 rings (SSSR count). The van der Waals surface area contributed by atoms with Crippen LogP contribution in [0.15, 0.2) is 18.2 Å². The number of carbonyl (C=O) groups excluding carboxylic acids is 1. The Kier molecular flexibility index (Phi) is 2.52. The van der Waals surface area contributed by atoms with Gasteiger partial charge in [-0.1, -0.05) is 6.07 Å². The number of methoxy groups -OCH3 is 1. The quantitative estimate of drug-likeness (QED) is 0.804. The molecule has 0 aliphatic carbocycles. The van der Waals surface area contributed by atoms with Gasteiger partial charge in [0, 0.05) is 11.8 Å². The van der Waals surface area contributed by atoms with Crippen LogP contribution in [0.1, 0.15) is 17.9 Å². The molecule has 5 heteroatoms. The summed E-state index contributed by atoms with van der Waals surface area (Å²) >= 11 is 0. The first-order valence-corrected chi connectivity index (χ1v) is 4.82. The number of anilines is 1. The predicted molar refractivity (Wildman–Crippen MR) is 56.6 cm³/mol. The molecule has 1 atom stereocenters. The third-order valence-electron chi connectivity index (χ3n) is 2.59. The highest BCUT2D eigenvalue weighted by Gasteiger charge is 2.32. The fourth-order valence-corrected chi connectivity index (χ4v) is 1.81. The maximum atomic E-state index is 11.6. The minimum Gasteiger partial charge on any atom is -0.497 e. The highest BCUT2D eigenvalue weighted by atomic mass is 16.5. The maximum absolute atomic E-state index is 11.6. The number of rotatable bonds is 3. The van der Waals surface area contributed by atoms with Gasteiger partial charge in [0.15, 0.2) is 0 Å². The van der Waals surface area contributed by atoms with Crippen molar-refractivity contribution >= 4 is 17.6 Å². The number of carbonyl (C=O) groups is 2. The van der Waals surface area contributed by atoms with E-state index >= 15 is 0 Å². The zero-order valence-electron chi connectivity index (χ0n) is 8.69. The average molecular weight is 221 g/mol. The molecule has 1 aliphatic heterocycles. The molecule has 0 saturated carbocycles. The number of nitrogens with one attached hydrogen (secondary N) is 1. The lowest BCUT2D eigenvalue weighted by molar-refractivity contribution is -0.138. The smallest absolute Gasteiger partial charge is 0.304 e. The third-order valence-corrected chi connectivity index (χ3v) is 2.59. The number of fused-ring (bicyclic) bond motifs is 1. The first-order valence-electron chi connectivity index (χ1n) is 4.82. The van der Waals surface area contributed by atoms with E-state index in [2.05, 4.69) is 5.32 Å². The number of carboxylic acid groups (broad SMARTS) is 1. The summed E-state index contributed by atoms with van der Waals surface area (Å²) in [6.45, 7) is 0. The monoisotopic (exact) mass is 221 g/mol. The van der Waals surface area contributed by atoms with Gasteiger partial charge in [-0.05, 0) is 11.6 Å². The second-order valence-electron chi connectivity index (χ2n) is 3.59. The lowest BCUT2D eigenvalue weighted by atomic mass is 9.97. The van der Waals surface area contributed by atoms with Gasteiger partial charge in [-0.3, -0.25) is 9.59 Å². The third kappa shape index (κ3) is 1.71. The summed E-state index contributed by atoms with van der Waals surface area (Å²) in [6, 6.07) is 5.13. The van der Waals surface area contributed by atoms with Crippen LogP contribution in [0.4, 0.5) is 5.69 Å². The first-order chi connectivity index (χ1) is 7.61. The van der Waals surface area contributed by atoms with Gasteiger partial charge in [0.25, 0.3) is 0 Å². The van der Waals surface area contributed by atoms with Gasteiger partial charge in [0.05, 0.1) is 19.4 Å². The Labute approximate surface area is 92.0 Å². The lowest BCUT2D eigenvalue weighted by Gasteiger charge is -2.05. The van der Waals surface area contributed by atoms with Gasteiger partial charge in [0.1, 0.15) is 5.75 Å². The van der Waals surface area contributed by atoms with Crippen molar-refractivity contribution in [2.45, 2.75) is 12.3 Å². The van der Waals surface area contributed by atoms with E-state index in [1.165, 1.54) is 7.11 Å². The molecule has 0 fully saturated rings. The van der Waals surface area contributed by atoms with Crippen molar-refractivity contribution in [3.05, 3.63) is 23.8 Å². The standard InChI is InChI=1S/C11H11NO4/c1-16-6-2-3-7-8(5-10(13)14)11(15)12-9(7)4-6/h2-4,8H,5H2,1H3,(H,12,15)(H,13,14). The summed E-state index contributed by atoms with van der Waals surface area (Å²) < 4.78 is 5.02. The minimum absolute atomic E-state index is 0.189. The number of hydrogen-bond acceptors (Lipinski definition) is 3. The molecule has 0 radical (unpaired) electrons. The number of hydrogen-bond donors (Lipinski definition) is 2. The van der Waals surface area contributed by atoms with Crippen LogP contribution in [-0.2, 0) is 9.59 Å². The Morgan fingerprint density at radius 3 is 2.94 bits per heavy atom. The van der Waals surface area contributed by atoms with Gasteiger partial charge in [-0.2, -0.15) is 0 Å². The number of carboxylic acids is 1. The number of ether oxygens (including phenoxy) is 1. The normalized spacial score (nSPS) is 17.8. The molecule has 84 valence electrons. The van der Waals surface area contributed by atoms with Crippen molar-refractivity contribution in [3.63, 3.8) is 0 Å². The highest BCUT2D eigenvalue weighted by Crippen LogP contribution is 2.36. The van der Waals surface area contributed by atoms with Crippen LogP contribution in [0.3, 0.4) is 0 Å². The molecule has 0 aromatic heterocycles. The molecule has 1 unspecified atom stereocenters. The topological polar surface area (TPSA) is 75.6 Å². The molecule has 0 spiro atoms. The van der Waals surface area contributed by atoms with Gasteiger partial charge in [-0.25, -0.2) is 0 Å². The van der Waals surface area contributed by atoms with E-state index in [0.29, 0.717) is 17.0 Å². The van der Waals surface area contributed by atoms with Crippen LogP contribution in [0, 0.1) is 0 Å². The van der Waals surface area contributed by atoms with E-state index in [1.807, 2.05) is 0 Å². The van der Waals surface area contributed by atoms with Crippen LogP contribution < -0.4 is 10.1 Å². The average Bonchev–Trinajstić information content (AvgIpc) is 2.54. The number of aliphatic carboxylic acids is 1. The van der Waals surface area contributed by atoms with E-state index in [9.17, 15) is 9.59 Å². The molecule has 2 N–H and O–H groups in total. The molecule has 1 aromatic carbocycles. The van der Waals surface area contributed by atoms with Crippen molar-refractivity contribution < 1.29 is 19.4 Å². The van der Waals surface area contributed by atoms with Crippen molar-refractivity contribution in [1.82, 2.24) is 0 Å². The molecular formula is C11H11NO4. The fourth-order valence-electron chi connectivity index (χ4n) is 1.81. The lowest BCUT2D eigenvalue weighted by Crippen LogP contribution is -2.15. The van der Waals surface area contributed by atoms with Crippen LogP contribution in [0.2, 0.25) is 0 Å². The summed E-state index contributed by atoms with van der Waals surface area (Å²) in [6.07, 6.45) is -0.189. The molecule has 0 bridgehead atoms. The summed E-state index contributed by atoms with van der Waals surface area (Å²) in [7, 11) is 1.53. The molecular weight excluding hydrogens is 210 g/mol. The summed E-state index contributed by atoms with van der Waals surface area (Å²) in [5.74, 6) is -1.22. The molecule has 5 nitrogen and oxygen atoms in total. The van der Waals surface area contributed by atoms with Crippen molar-refractivity contribution in [3.8, 4) is 5.75 Å². The molecule has 0 saturated heterocycles. The predicted octanol–water partition coefficient (Wildman–Crippen LogP) is 1.21. The van der Waals surface area contributed by atoms with Gasteiger partial charge in [-0.15, -0.1) is 0 Å². The van der Waals surface area contributed by atoms with E-state index in [1.54, 1.807) is 18.2 Å². The second-order valence-corrected chi connectivity index (χ2v) is 3.59. The van der Waals surface area contributed by atoms with Crippen LogP contribution in [0.25, 0.3) is 0 Å². The van der Waals surface area contributed by atoms with Crippen molar-refractivity contribution in [2.75, 3.05) is 12.4 Å². The molecule has 16 heavy (non-hydrogen) atoms. The van der Waals surface area contributed by atoms with E-state index in [4.69, 9.17) is 9.84 Å². The van der Waals surface area contributed by atoms with Gasteiger partial charge in [0.2, 0.25) is 5.91 Å². The van der Waals surface area contributed by atoms with Gasteiger partial charge >= 0.3 is 5.97 Å². The Balaban J connectivity index is 2.34. The first kappa shape index (κ1) is 10.5. The summed E-state index contributed by atoms with van der Waals surface area (Å²) in [5, 5.41) is 11.4. The van der Waals surface area contributed by atoms with E-state index in [-0.39, 0.29) is 12.3 Å².